The number of amides is 2. The smallest absolute Gasteiger partial charge is 0.238 e. The van der Waals surface area contributed by atoms with E-state index in [0.29, 0.717) is 28.2 Å². The second-order valence-electron chi connectivity index (χ2n) is 7.24. The number of nitrogens with zero attached hydrogens (tertiary/aromatic N) is 1. The van der Waals surface area contributed by atoms with Gasteiger partial charge in [-0.15, -0.1) is 0 Å². The Bertz CT molecular complexity index is 603. The molecule has 0 aliphatic rings. The first-order valence-corrected chi connectivity index (χ1v) is 10.2. The summed E-state index contributed by atoms with van der Waals surface area (Å²) in [6.45, 7) is 9.17. The van der Waals surface area contributed by atoms with Crippen LogP contribution in [0.1, 0.15) is 47.0 Å². The third-order valence-electron chi connectivity index (χ3n) is 4.23. The van der Waals surface area contributed by atoms with Gasteiger partial charge in [0.25, 0.3) is 0 Å². The normalized spacial score (nSPS) is 12.3. The highest BCUT2D eigenvalue weighted by Gasteiger charge is 2.16. The standard InChI is InChI=1S/C20H31Cl2N3O2/c1-5-25(12-18(26)23-15(4)9-6-8-14(2)3)13-19(27)24-20-16(21)10-7-11-17(20)22/h7,10-11,14-15H,5-6,8-9,12-13H2,1-4H3,(H,23,26)(H,24,27). The van der Waals surface area contributed by atoms with Crippen molar-refractivity contribution in [3.05, 3.63) is 28.2 Å². The Morgan fingerprint density at radius 1 is 1.04 bits per heavy atom. The lowest BCUT2D eigenvalue weighted by Crippen LogP contribution is -2.43. The van der Waals surface area contributed by atoms with Crippen molar-refractivity contribution in [2.75, 3.05) is 25.0 Å². The summed E-state index contributed by atoms with van der Waals surface area (Å²) in [5.74, 6) is 0.343. The minimum atomic E-state index is -0.260. The quantitative estimate of drug-likeness (QED) is 0.555. The number of rotatable bonds is 11. The lowest BCUT2D eigenvalue weighted by atomic mass is 10.0. The van der Waals surface area contributed by atoms with E-state index in [-0.39, 0.29) is 30.9 Å². The second-order valence-corrected chi connectivity index (χ2v) is 8.06. The molecule has 2 amide bonds. The van der Waals surface area contributed by atoms with E-state index in [1.165, 1.54) is 0 Å². The summed E-state index contributed by atoms with van der Waals surface area (Å²) >= 11 is 12.1. The van der Waals surface area contributed by atoms with Gasteiger partial charge in [-0.3, -0.25) is 14.5 Å². The van der Waals surface area contributed by atoms with Crippen molar-refractivity contribution >= 4 is 40.7 Å². The third kappa shape index (κ3) is 9.45. The zero-order chi connectivity index (χ0) is 20.4. The van der Waals surface area contributed by atoms with Crippen molar-refractivity contribution in [1.82, 2.24) is 10.2 Å². The number of anilines is 1. The number of nitrogens with one attached hydrogen (secondary N) is 2. The number of carbonyl (C=O) groups excluding carboxylic acids is 2. The molecular weight excluding hydrogens is 385 g/mol. The average Bonchev–Trinajstić information content (AvgIpc) is 2.57. The van der Waals surface area contributed by atoms with Gasteiger partial charge in [-0.05, 0) is 37.9 Å². The van der Waals surface area contributed by atoms with Crippen LogP contribution < -0.4 is 10.6 Å². The summed E-state index contributed by atoms with van der Waals surface area (Å²) in [6.07, 6.45) is 3.21. The Hall–Kier alpha value is -1.30. The van der Waals surface area contributed by atoms with E-state index in [1.807, 2.05) is 13.8 Å². The first-order valence-electron chi connectivity index (χ1n) is 9.48. The largest absolute Gasteiger partial charge is 0.353 e. The monoisotopic (exact) mass is 415 g/mol. The minimum Gasteiger partial charge on any atom is -0.353 e. The molecule has 0 aliphatic carbocycles. The van der Waals surface area contributed by atoms with Crippen molar-refractivity contribution in [3.8, 4) is 0 Å². The van der Waals surface area contributed by atoms with Crippen molar-refractivity contribution in [2.45, 2.75) is 53.0 Å². The maximum Gasteiger partial charge on any atom is 0.238 e. The van der Waals surface area contributed by atoms with Gasteiger partial charge < -0.3 is 10.6 Å². The highest BCUT2D eigenvalue weighted by molar-refractivity contribution is 6.39. The molecule has 1 atom stereocenters. The molecule has 0 heterocycles. The van der Waals surface area contributed by atoms with E-state index in [1.54, 1.807) is 23.1 Å². The number of hydrogen-bond donors (Lipinski definition) is 2. The molecule has 1 unspecified atom stereocenters. The molecular formula is C20H31Cl2N3O2. The lowest BCUT2D eigenvalue weighted by molar-refractivity contribution is -0.123. The SMILES string of the molecule is CCN(CC(=O)Nc1c(Cl)cccc1Cl)CC(=O)NC(C)CCCC(C)C. The van der Waals surface area contributed by atoms with Gasteiger partial charge in [-0.1, -0.05) is 62.9 Å². The van der Waals surface area contributed by atoms with Crippen LogP contribution >= 0.6 is 23.2 Å². The van der Waals surface area contributed by atoms with E-state index in [2.05, 4.69) is 24.5 Å². The molecule has 0 aliphatic heterocycles. The fourth-order valence-electron chi connectivity index (χ4n) is 2.71. The Kier molecular flexibility index (Phi) is 10.7. The van der Waals surface area contributed by atoms with Gasteiger partial charge in [-0.25, -0.2) is 0 Å². The highest BCUT2D eigenvalue weighted by atomic mass is 35.5. The fourth-order valence-corrected chi connectivity index (χ4v) is 3.20. The number of benzene rings is 1. The minimum absolute atomic E-state index is 0.0718. The maximum absolute atomic E-state index is 12.3. The molecule has 2 N–H and O–H groups in total. The molecule has 0 bridgehead atoms. The molecule has 7 heteroatoms. The number of halogens is 2. The molecule has 5 nitrogen and oxygen atoms in total. The van der Waals surface area contributed by atoms with Gasteiger partial charge >= 0.3 is 0 Å². The van der Waals surface area contributed by atoms with Gasteiger partial charge in [0, 0.05) is 6.04 Å². The van der Waals surface area contributed by atoms with Crippen LogP contribution in [-0.2, 0) is 9.59 Å². The van der Waals surface area contributed by atoms with Crippen molar-refractivity contribution in [2.24, 2.45) is 5.92 Å². The third-order valence-corrected chi connectivity index (χ3v) is 4.86. The summed E-state index contributed by atoms with van der Waals surface area (Å²) < 4.78 is 0. The molecule has 0 saturated heterocycles. The predicted molar refractivity (Wildman–Crippen MR) is 113 cm³/mol. The highest BCUT2D eigenvalue weighted by Crippen LogP contribution is 2.29. The first-order chi connectivity index (χ1) is 12.7. The summed E-state index contributed by atoms with van der Waals surface area (Å²) in [5, 5.41) is 6.49. The van der Waals surface area contributed by atoms with Crippen LogP contribution in [0.5, 0.6) is 0 Å². The maximum atomic E-state index is 12.3. The van der Waals surface area contributed by atoms with Crippen LogP contribution in [0.4, 0.5) is 5.69 Å². The molecule has 0 spiro atoms. The molecule has 152 valence electrons. The van der Waals surface area contributed by atoms with E-state index in [0.717, 1.165) is 19.3 Å². The topological polar surface area (TPSA) is 61.4 Å². The van der Waals surface area contributed by atoms with Gasteiger partial charge in [0.05, 0.1) is 28.8 Å². The van der Waals surface area contributed by atoms with Crippen molar-refractivity contribution in [1.29, 1.82) is 0 Å². The van der Waals surface area contributed by atoms with Crippen LogP contribution in [0.15, 0.2) is 18.2 Å². The van der Waals surface area contributed by atoms with E-state index in [9.17, 15) is 9.59 Å². The average molecular weight is 416 g/mol. The van der Waals surface area contributed by atoms with Crippen molar-refractivity contribution in [3.63, 3.8) is 0 Å². The Morgan fingerprint density at radius 2 is 1.63 bits per heavy atom. The van der Waals surface area contributed by atoms with Crippen LogP contribution in [0.2, 0.25) is 10.0 Å². The van der Waals surface area contributed by atoms with Crippen LogP contribution in [0.25, 0.3) is 0 Å². The summed E-state index contributed by atoms with van der Waals surface area (Å²) in [6, 6.07) is 5.17. The number of carbonyl (C=O) groups is 2. The molecule has 1 aromatic carbocycles. The Labute approximate surface area is 172 Å². The van der Waals surface area contributed by atoms with Crippen LogP contribution in [0.3, 0.4) is 0 Å². The summed E-state index contributed by atoms with van der Waals surface area (Å²) in [7, 11) is 0. The fraction of sp³-hybridized carbons (Fsp3) is 0.600. The molecule has 1 aromatic rings. The van der Waals surface area contributed by atoms with Gasteiger partial charge in [0.2, 0.25) is 11.8 Å². The lowest BCUT2D eigenvalue weighted by Gasteiger charge is -2.21. The predicted octanol–water partition coefficient (Wildman–Crippen LogP) is 4.58. The Morgan fingerprint density at radius 3 is 2.19 bits per heavy atom. The van der Waals surface area contributed by atoms with E-state index < -0.39 is 0 Å². The van der Waals surface area contributed by atoms with E-state index in [4.69, 9.17) is 23.2 Å². The second kappa shape index (κ2) is 12.2. The molecule has 0 fully saturated rings. The molecule has 0 aromatic heterocycles. The zero-order valence-corrected chi connectivity index (χ0v) is 18.2. The van der Waals surface area contributed by atoms with Gasteiger partial charge in [0.1, 0.15) is 0 Å². The number of hydrogen-bond acceptors (Lipinski definition) is 3. The van der Waals surface area contributed by atoms with E-state index >= 15 is 0 Å². The van der Waals surface area contributed by atoms with Gasteiger partial charge in [0.15, 0.2) is 0 Å². The summed E-state index contributed by atoms with van der Waals surface area (Å²) in [4.78, 5) is 26.3. The molecule has 0 saturated carbocycles. The van der Waals surface area contributed by atoms with Crippen LogP contribution in [0, 0.1) is 5.92 Å². The number of para-hydroxylation sites is 1. The van der Waals surface area contributed by atoms with Crippen molar-refractivity contribution < 1.29 is 9.59 Å². The molecule has 1 rings (SSSR count). The van der Waals surface area contributed by atoms with Gasteiger partial charge in [-0.2, -0.15) is 0 Å². The van der Waals surface area contributed by atoms with Crippen LogP contribution in [-0.4, -0.2) is 42.4 Å². The zero-order valence-electron chi connectivity index (χ0n) is 16.6. The molecule has 0 radical (unpaired) electrons. The summed E-state index contributed by atoms with van der Waals surface area (Å²) in [5.41, 5.74) is 0.394. The first kappa shape index (κ1) is 23.7. The Balaban J connectivity index is 2.46. The number of likely N-dealkylation sites (N-methyl/N-ethyl adjacent to an activating group) is 1. The molecule has 27 heavy (non-hydrogen) atoms.